The number of hydrogen-bond donors (Lipinski definition) is 0. The molecule has 0 aliphatic carbocycles. The Morgan fingerprint density at radius 3 is 2.78 bits per heavy atom. The molecule has 6 heteroatoms. The molecule has 0 fully saturated rings. The number of aromatic nitrogens is 2. The third-order valence-electron chi connectivity index (χ3n) is 4.13. The van der Waals surface area contributed by atoms with Gasteiger partial charge in [0.15, 0.2) is 5.13 Å². The topological polar surface area (TPSA) is 46.1 Å². The Morgan fingerprint density at radius 1 is 1.11 bits per heavy atom. The van der Waals surface area contributed by atoms with E-state index in [4.69, 9.17) is 11.6 Å². The molecule has 0 saturated heterocycles. The molecule has 2 aromatic carbocycles. The molecule has 27 heavy (non-hydrogen) atoms. The zero-order chi connectivity index (χ0) is 18.8. The predicted octanol–water partition coefficient (Wildman–Crippen LogP) is 5.50. The number of amides is 1. The van der Waals surface area contributed by atoms with Crippen LogP contribution < -0.4 is 4.90 Å². The summed E-state index contributed by atoms with van der Waals surface area (Å²) in [7, 11) is 0. The molecular formula is C21H16ClN3OS. The van der Waals surface area contributed by atoms with Crippen molar-refractivity contribution in [2.24, 2.45) is 0 Å². The van der Waals surface area contributed by atoms with Gasteiger partial charge in [-0.15, -0.1) is 0 Å². The first-order valence-electron chi connectivity index (χ1n) is 8.45. The Labute approximate surface area is 166 Å². The van der Waals surface area contributed by atoms with E-state index < -0.39 is 0 Å². The molecule has 4 aromatic rings. The quantitative estimate of drug-likeness (QED) is 0.460. The van der Waals surface area contributed by atoms with E-state index in [1.54, 1.807) is 35.4 Å². The number of aryl methyl sites for hydroxylation is 1. The van der Waals surface area contributed by atoms with Crippen molar-refractivity contribution in [2.75, 3.05) is 4.90 Å². The minimum Gasteiger partial charge on any atom is -0.278 e. The van der Waals surface area contributed by atoms with E-state index in [1.807, 2.05) is 37.3 Å². The minimum atomic E-state index is -0.154. The van der Waals surface area contributed by atoms with Crippen molar-refractivity contribution in [3.8, 4) is 0 Å². The Kier molecular flexibility index (Phi) is 4.88. The molecule has 4 nitrogen and oxygen atoms in total. The summed E-state index contributed by atoms with van der Waals surface area (Å²) in [5.41, 5.74) is 3.36. The summed E-state index contributed by atoms with van der Waals surface area (Å²) in [5, 5.41) is 1.17. The molecule has 0 aliphatic heterocycles. The van der Waals surface area contributed by atoms with E-state index in [0.29, 0.717) is 22.3 Å². The van der Waals surface area contributed by atoms with Crippen molar-refractivity contribution >= 4 is 44.2 Å². The normalized spacial score (nSPS) is 10.9. The second-order valence-corrected chi connectivity index (χ2v) is 7.64. The van der Waals surface area contributed by atoms with E-state index in [-0.39, 0.29) is 5.91 Å². The summed E-state index contributed by atoms with van der Waals surface area (Å²) in [4.78, 5) is 24.0. The van der Waals surface area contributed by atoms with Crippen LogP contribution in [0, 0.1) is 6.92 Å². The fourth-order valence-electron chi connectivity index (χ4n) is 2.79. The van der Waals surface area contributed by atoms with Crippen LogP contribution in [0.25, 0.3) is 10.2 Å². The van der Waals surface area contributed by atoms with Crippen LogP contribution in [0.2, 0.25) is 5.02 Å². The largest absolute Gasteiger partial charge is 0.278 e. The van der Waals surface area contributed by atoms with E-state index in [2.05, 4.69) is 16.0 Å². The van der Waals surface area contributed by atoms with Gasteiger partial charge in [-0.2, -0.15) is 0 Å². The number of pyridine rings is 1. The molecule has 0 atom stereocenters. The van der Waals surface area contributed by atoms with Crippen LogP contribution in [0.5, 0.6) is 0 Å². The summed E-state index contributed by atoms with van der Waals surface area (Å²) in [6, 6.07) is 18.7. The highest BCUT2D eigenvalue weighted by atomic mass is 35.5. The molecule has 0 N–H and O–H groups in total. The number of carbonyl (C=O) groups excluding carboxylic acids is 1. The lowest BCUT2D eigenvalue weighted by Gasteiger charge is -2.19. The van der Waals surface area contributed by atoms with Crippen LogP contribution in [0.4, 0.5) is 5.13 Å². The average molecular weight is 394 g/mol. The third kappa shape index (κ3) is 3.84. The zero-order valence-electron chi connectivity index (χ0n) is 14.6. The Balaban J connectivity index is 1.77. The van der Waals surface area contributed by atoms with Crippen LogP contribution in [0.3, 0.4) is 0 Å². The number of rotatable bonds is 4. The summed E-state index contributed by atoms with van der Waals surface area (Å²) in [6.07, 6.45) is 1.72. The van der Waals surface area contributed by atoms with Gasteiger partial charge in [0.2, 0.25) is 0 Å². The highest BCUT2D eigenvalue weighted by molar-refractivity contribution is 7.22. The molecule has 134 valence electrons. The summed E-state index contributed by atoms with van der Waals surface area (Å²) >= 11 is 7.58. The first-order valence-corrected chi connectivity index (χ1v) is 9.64. The molecule has 0 unspecified atom stereocenters. The molecule has 0 bridgehead atoms. The van der Waals surface area contributed by atoms with Crippen molar-refractivity contribution in [1.82, 2.24) is 9.97 Å². The molecule has 1 amide bonds. The molecule has 0 radical (unpaired) electrons. The van der Waals surface area contributed by atoms with E-state index in [9.17, 15) is 4.79 Å². The van der Waals surface area contributed by atoms with Crippen molar-refractivity contribution < 1.29 is 4.79 Å². The van der Waals surface area contributed by atoms with Gasteiger partial charge in [0.25, 0.3) is 5.91 Å². The van der Waals surface area contributed by atoms with Crippen LogP contribution in [0.15, 0.2) is 66.9 Å². The zero-order valence-corrected chi connectivity index (χ0v) is 16.2. The second-order valence-electron chi connectivity index (χ2n) is 6.19. The number of carbonyl (C=O) groups is 1. The average Bonchev–Trinajstić information content (AvgIpc) is 3.09. The number of hydrogen-bond acceptors (Lipinski definition) is 4. The number of anilines is 1. The van der Waals surface area contributed by atoms with Crippen molar-refractivity contribution in [1.29, 1.82) is 0 Å². The van der Waals surface area contributed by atoms with Gasteiger partial charge in [0.05, 0.1) is 22.5 Å². The van der Waals surface area contributed by atoms with E-state index in [0.717, 1.165) is 21.5 Å². The number of halogens is 1. The molecular weight excluding hydrogens is 378 g/mol. The third-order valence-corrected chi connectivity index (χ3v) is 5.40. The highest BCUT2D eigenvalue weighted by Gasteiger charge is 2.22. The number of benzene rings is 2. The maximum Gasteiger partial charge on any atom is 0.260 e. The van der Waals surface area contributed by atoms with E-state index >= 15 is 0 Å². The monoisotopic (exact) mass is 393 g/mol. The maximum absolute atomic E-state index is 13.3. The Hall–Kier alpha value is -2.76. The van der Waals surface area contributed by atoms with Gasteiger partial charge >= 0.3 is 0 Å². The molecule has 4 rings (SSSR count). The Bertz CT molecular complexity index is 1110. The van der Waals surface area contributed by atoms with Gasteiger partial charge in [-0.1, -0.05) is 41.1 Å². The number of thiazole rings is 1. The van der Waals surface area contributed by atoms with Crippen LogP contribution in [-0.2, 0) is 6.54 Å². The van der Waals surface area contributed by atoms with Gasteiger partial charge < -0.3 is 0 Å². The van der Waals surface area contributed by atoms with Gasteiger partial charge in [-0.25, -0.2) is 4.98 Å². The number of fused-ring (bicyclic) bond motifs is 1. The fraction of sp³-hybridized carbons (Fsp3) is 0.0952. The van der Waals surface area contributed by atoms with Gasteiger partial charge in [0, 0.05) is 16.8 Å². The lowest BCUT2D eigenvalue weighted by molar-refractivity contribution is 0.0985. The molecule has 0 saturated carbocycles. The molecule has 2 aromatic heterocycles. The van der Waals surface area contributed by atoms with Gasteiger partial charge in [-0.3, -0.25) is 14.7 Å². The molecule has 2 heterocycles. The summed E-state index contributed by atoms with van der Waals surface area (Å²) in [5.74, 6) is -0.154. The van der Waals surface area contributed by atoms with Crippen LogP contribution in [-0.4, -0.2) is 15.9 Å². The lowest BCUT2D eigenvalue weighted by Crippen LogP contribution is -2.30. The van der Waals surface area contributed by atoms with Crippen molar-refractivity contribution in [2.45, 2.75) is 13.5 Å². The molecule has 0 aliphatic rings. The SMILES string of the molecule is Cc1ccc2nc(N(Cc3ccccn3)C(=O)c3cccc(Cl)c3)sc2c1. The first-order chi connectivity index (χ1) is 13.1. The van der Waals surface area contributed by atoms with Crippen molar-refractivity contribution in [3.05, 3.63) is 88.7 Å². The smallest absolute Gasteiger partial charge is 0.260 e. The highest BCUT2D eigenvalue weighted by Crippen LogP contribution is 2.31. The van der Waals surface area contributed by atoms with Crippen molar-refractivity contribution in [3.63, 3.8) is 0 Å². The maximum atomic E-state index is 13.3. The fourth-order valence-corrected chi connectivity index (χ4v) is 4.04. The summed E-state index contributed by atoms with van der Waals surface area (Å²) in [6.45, 7) is 2.38. The Morgan fingerprint density at radius 2 is 2.00 bits per heavy atom. The summed E-state index contributed by atoms with van der Waals surface area (Å²) < 4.78 is 1.05. The molecule has 0 spiro atoms. The van der Waals surface area contributed by atoms with Gasteiger partial charge in [0.1, 0.15) is 0 Å². The minimum absolute atomic E-state index is 0.154. The number of nitrogens with zero attached hydrogens (tertiary/aromatic N) is 3. The van der Waals surface area contributed by atoms with Crippen LogP contribution >= 0.6 is 22.9 Å². The standard InChI is InChI=1S/C21H16ClN3OS/c1-14-8-9-18-19(11-14)27-21(24-18)25(13-17-7-2-3-10-23-17)20(26)15-5-4-6-16(22)12-15/h2-12H,13H2,1H3. The van der Waals surface area contributed by atoms with E-state index in [1.165, 1.54) is 11.3 Å². The lowest BCUT2D eigenvalue weighted by atomic mass is 10.2. The predicted molar refractivity (Wildman–Crippen MR) is 111 cm³/mol. The van der Waals surface area contributed by atoms with Crippen LogP contribution in [0.1, 0.15) is 21.6 Å². The first kappa shape index (κ1) is 17.6. The van der Waals surface area contributed by atoms with Gasteiger partial charge in [-0.05, 0) is 55.0 Å². The second kappa shape index (κ2) is 7.47.